The summed E-state index contributed by atoms with van der Waals surface area (Å²) in [5.41, 5.74) is 0.815. The van der Waals surface area contributed by atoms with Crippen molar-refractivity contribution in [3.05, 3.63) is 35.2 Å². The van der Waals surface area contributed by atoms with Crippen molar-refractivity contribution in [2.75, 3.05) is 6.54 Å². The second-order valence-electron chi connectivity index (χ2n) is 5.20. The lowest BCUT2D eigenvalue weighted by atomic mass is 10.1. The first-order valence-electron chi connectivity index (χ1n) is 7.08. The molecule has 106 valence electrons. The lowest BCUT2D eigenvalue weighted by Crippen LogP contribution is -2.33. The topological polar surface area (TPSA) is 51.0 Å². The van der Waals surface area contributed by atoms with Crippen LogP contribution in [-0.4, -0.2) is 22.7 Å². The molecule has 0 aliphatic heterocycles. The standard InChI is InChI=1S/C15H18ClN3O/c1-2-17-13(10-7-8-10)9-14-18-15(19-20-14)11-5-3-4-6-12(11)16/h3-6,10,13,17H,2,7-9H2,1H3. The first-order chi connectivity index (χ1) is 9.78. The normalized spacial score (nSPS) is 16.3. The highest BCUT2D eigenvalue weighted by atomic mass is 35.5. The Labute approximate surface area is 123 Å². The van der Waals surface area contributed by atoms with E-state index in [0.29, 0.717) is 22.8 Å². The Morgan fingerprint density at radius 3 is 2.90 bits per heavy atom. The minimum Gasteiger partial charge on any atom is -0.339 e. The van der Waals surface area contributed by atoms with Gasteiger partial charge in [-0.2, -0.15) is 4.98 Å². The zero-order chi connectivity index (χ0) is 13.9. The molecule has 1 atom stereocenters. The minimum atomic E-state index is 0.444. The van der Waals surface area contributed by atoms with Crippen molar-refractivity contribution >= 4 is 11.6 Å². The fourth-order valence-electron chi connectivity index (χ4n) is 2.44. The van der Waals surface area contributed by atoms with E-state index in [9.17, 15) is 0 Å². The van der Waals surface area contributed by atoms with Gasteiger partial charge in [-0.1, -0.05) is 35.8 Å². The molecule has 3 rings (SSSR count). The van der Waals surface area contributed by atoms with Gasteiger partial charge in [0.2, 0.25) is 11.7 Å². The number of aromatic nitrogens is 2. The molecular formula is C15H18ClN3O. The summed E-state index contributed by atoms with van der Waals surface area (Å²) in [5.74, 6) is 2.00. The Kier molecular flexibility index (Phi) is 4.03. The molecule has 0 saturated heterocycles. The van der Waals surface area contributed by atoms with Crippen molar-refractivity contribution in [1.29, 1.82) is 0 Å². The third-order valence-electron chi connectivity index (χ3n) is 3.63. The molecule has 1 saturated carbocycles. The fourth-order valence-corrected chi connectivity index (χ4v) is 2.66. The van der Waals surface area contributed by atoms with Crippen LogP contribution in [0.2, 0.25) is 5.02 Å². The molecule has 0 radical (unpaired) electrons. The molecule has 0 amide bonds. The molecule has 20 heavy (non-hydrogen) atoms. The summed E-state index contributed by atoms with van der Waals surface area (Å²) in [4.78, 5) is 4.47. The zero-order valence-electron chi connectivity index (χ0n) is 11.5. The molecule has 1 aromatic carbocycles. The van der Waals surface area contributed by atoms with E-state index in [1.807, 2.05) is 24.3 Å². The van der Waals surface area contributed by atoms with Gasteiger partial charge in [-0.3, -0.25) is 0 Å². The summed E-state index contributed by atoms with van der Waals surface area (Å²) >= 11 is 6.15. The Hall–Kier alpha value is -1.39. The summed E-state index contributed by atoms with van der Waals surface area (Å²) in [7, 11) is 0. The Morgan fingerprint density at radius 1 is 1.40 bits per heavy atom. The average molecular weight is 292 g/mol. The number of likely N-dealkylation sites (N-methyl/N-ethyl adjacent to an activating group) is 1. The Bertz CT molecular complexity index is 580. The summed E-state index contributed by atoms with van der Waals surface area (Å²) in [6.07, 6.45) is 3.38. The second-order valence-corrected chi connectivity index (χ2v) is 5.60. The number of nitrogens with zero attached hydrogens (tertiary/aromatic N) is 2. The molecule has 1 aliphatic rings. The van der Waals surface area contributed by atoms with E-state index in [-0.39, 0.29) is 0 Å². The molecule has 4 nitrogen and oxygen atoms in total. The monoisotopic (exact) mass is 291 g/mol. The predicted molar refractivity (Wildman–Crippen MR) is 78.6 cm³/mol. The number of hydrogen-bond acceptors (Lipinski definition) is 4. The van der Waals surface area contributed by atoms with Gasteiger partial charge in [0.05, 0.1) is 5.02 Å². The maximum absolute atomic E-state index is 6.15. The van der Waals surface area contributed by atoms with E-state index in [0.717, 1.165) is 24.4 Å². The van der Waals surface area contributed by atoms with Crippen LogP contribution < -0.4 is 5.32 Å². The molecule has 1 N–H and O–H groups in total. The summed E-state index contributed by atoms with van der Waals surface area (Å²) in [6.45, 7) is 3.09. The van der Waals surface area contributed by atoms with Crippen molar-refractivity contribution in [3.63, 3.8) is 0 Å². The fraction of sp³-hybridized carbons (Fsp3) is 0.467. The molecule has 0 bridgehead atoms. The second kappa shape index (κ2) is 5.94. The van der Waals surface area contributed by atoms with Crippen molar-refractivity contribution in [3.8, 4) is 11.4 Å². The maximum atomic E-state index is 6.15. The van der Waals surface area contributed by atoms with Gasteiger partial charge < -0.3 is 9.84 Å². The molecule has 1 unspecified atom stereocenters. The van der Waals surface area contributed by atoms with Gasteiger partial charge in [0.1, 0.15) is 0 Å². The van der Waals surface area contributed by atoms with Gasteiger partial charge in [-0.25, -0.2) is 0 Å². The predicted octanol–water partition coefficient (Wildman–Crippen LogP) is 3.32. The highest BCUT2D eigenvalue weighted by Gasteiger charge is 2.32. The number of benzene rings is 1. The van der Waals surface area contributed by atoms with E-state index in [2.05, 4.69) is 22.4 Å². The van der Waals surface area contributed by atoms with Crippen LogP contribution in [0.5, 0.6) is 0 Å². The largest absolute Gasteiger partial charge is 0.339 e. The molecule has 1 fully saturated rings. The van der Waals surface area contributed by atoms with Crippen molar-refractivity contribution in [1.82, 2.24) is 15.5 Å². The van der Waals surface area contributed by atoms with Gasteiger partial charge in [0, 0.05) is 18.0 Å². The highest BCUT2D eigenvalue weighted by Crippen LogP contribution is 2.34. The van der Waals surface area contributed by atoms with Crippen LogP contribution in [-0.2, 0) is 6.42 Å². The van der Waals surface area contributed by atoms with E-state index in [1.165, 1.54) is 12.8 Å². The third-order valence-corrected chi connectivity index (χ3v) is 3.96. The van der Waals surface area contributed by atoms with Crippen molar-refractivity contribution < 1.29 is 4.52 Å². The molecule has 2 aromatic rings. The Balaban J connectivity index is 1.75. The van der Waals surface area contributed by atoms with Crippen LogP contribution in [0.3, 0.4) is 0 Å². The highest BCUT2D eigenvalue weighted by molar-refractivity contribution is 6.33. The molecular weight excluding hydrogens is 274 g/mol. The third kappa shape index (κ3) is 3.02. The number of rotatable bonds is 6. The van der Waals surface area contributed by atoms with Crippen molar-refractivity contribution in [2.45, 2.75) is 32.2 Å². The van der Waals surface area contributed by atoms with Crippen LogP contribution in [0.1, 0.15) is 25.7 Å². The van der Waals surface area contributed by atoms with Crippen LogP contribution in [0.4, 0.5) is 0 Å². The summed E-state index contributed by atoms with van der Waals surface area (Å²) < 4.78 is 5.37. The van der Waals surface area contributed by atoms with Gasteiger partial charge in [0.25, 0.3) is 0 Å². The number of halogens is 1. The van der Waals surface area contributed by atoms with Gasteiger partial charge in [-0.15, -0.1) is 0 Å². The van der Waals surface area contributed by atoms with E-state index >= 15 is 0 Å². The summed E-state index contributed by atoms with van der Waals surface area (Å²) in [6, 6.07) is 7.99. The van der Waals surface area contributed by atoms with Gasteiger partial charge in [0.15, 0.2) is 0 Å². The smallest absolute Gasteiger partial charge is 0.228 e. The lowest BCUT2D eigenvalue weighted by Gasteiger charge is -2.14. The van der Waals surface area contributed by atoms with Crippen LogP contribution in [0.15, 0.2) is 28.8 Å². The van der Waals surface area contributed by atoms with Gasteiger partial charge in [-0.05, 0) is 37.4 Å². The van der Waals surface area contributed by atoms with Crippen LogP contribution in [0, 0.1) is 5.92 Å². The maximum Gasteiger partial charge on any atom is 0.228 e. The molecule has 5 heteroatoms. The SMILES string of the molecule is CCNC(Cc1nc(-c2ccccc2Cl)no1)C1CC1. The summed E-state index contributed by atoms with van der Waals surface area (Å²) in [5, 5.41) is 8.19. The number of hydrogen-bond donors (Lipinski definition) is 1. The molecule has 1 aliphatic carbocycles. The quantitative estimate of drug-likeness (QED) is 0.887. The Morgan fingerprint density at radius 2 is 2.20 bits per heavy atom. The van der Waals surface area contributed by atoms with E-state index in [4.69, 9.17) is 16.1 Å². The van der Waals surface area contributed by atoms with E-state index < -0.39 is 0 Å². The minimum absolute atomic E-state index is 0.444. The average Bonchev–Trinajstić information content (AvgIpc) is 3.20. The molecule has 1 aromatic heterocycles. The lowest BCUT2D eigenvalue weighted by molar-refractivity contribution is 0.348. The van der Waals surface area contributed by atoms with E-state index in [1.54, 1.807) is 0 Å². The first-order valence-corrected chi connectivity index (χ1v) is 7.46. The van der Waals surface area contributed by atoms with Crippen LogP contribution in [0.25, 0.3) is 11.4 Å². The molecule has 0 spiro atoms. The van der Waals surface area contributed by atoms with Crippen molar-refractivity contribution in [2.24, 2.45) is 5.92 Å². The molecule has 1 heterocycles. The zero-order valence-corrected chi connectivity index (χ0v) is 12.2. The number of nitrogens with one attached hydrogen (secondary N) is 1. The first kappa shape index (κ1) is 13.6. The van der Waals surface area contributed by atoms with Crippen LogP contribution >= 0.6 is 11.6 Å². The van der Waals surface area contributed by atoms with Gasteiger partial charge >= 0.3 is 0 Å².